The summed E-state index contributed by atoms with van der Waals surface area (Å²) in [5.41, 5.74) is 0.0475. The molecule has 1 saturated heterocycles. The molecule has 8 heteroatoms. The normalized spacial score (nSPS) is 14.9. The Hall–Kier alpha value is -2.93. The van der Waals surface area contributed by atoms with Gasteiger partial charge in [-0.2, -0.15) is 0 Å². The van der Waals surface area contributed by atoms with Crippen LogP contribution < -0.4 is 10.4 Å². The second kappa shape index (κ2) is 8.07. The van der Waals surface area contributed by atoms with E-state index in [4.69, 9.17) is 20.8 Å². The fraction of sp³-hybridized carbons (Fsp3) is 0.273. The van der Waals surface area contributed by atoms with E-state index in [0.29, 0.717) is 24.2 Å². The van der Waals surface area contributed by atoms with Crippen molar-refractivity contribution < 1.29 is 22.7 Å². The Kier molecular flexibility index (Phi) is 5.47. The van der Waals surface area contributed by atoms with Gasteiger partial charge in [-0.3, -0.25) is 4.79 Å². The highest BCUT2D eigenvalue weighted by atomic mass is 35.5. The van der Waals surface area contributed by atoms with Crippen molar-refractivity contribution in [3.8, 4) is 16.9 Å². The molecule has 0 aliphatic carbocycles. The van der Waals surface area contributed by atoms with Crippen LogP contribution >= 0.6 is 11.6 Å². The Labute approximate surface area is 175 Å². The molecule has 1 aliphatic heterocycles. The van der Waals surface area contributed by atoms with Crippen molar-refractivity contribution >= 4 is 28.5 Å². The molecule has 1 fully saturated rings. The molecular formula is C22H18ClF2NO4. The number of nitrogens with zero attached hydrogens (tertiary/aromatic N) is 1. The zero-order valence-corrected chi connectivity index (χ0v) is 16.8. The molecule has 156 valence electrons. The van der Waals surface area contributed by atoms with Gasteiger partial charge in [-0.15, -0.1) is 0 Å². The zero-order chi connectivity index (χ0) is 21.4. The van der Waals surface area contributed by atoms with Crippen LogP contribution in [0.4, 0.5) is 8.78 Å². The van der Waals surface area contributed by atoms with Crippen LogP contribution in [0.5, 0.6) is 5.75 Å². The van der Waals surface area contributed by atoms with E-state index in [1.54, 1.807) is 11.8 Å². The molecule has 0 radical (unpaired) electrons. The van der Waals surface area contributed by atoms with Crippen LogP contribution in [0.15, 0.2) is 45.6 Å². The van der Waals surface area contributed by atoms with Crippen LogP contribution in [0.3, 0.4) is 0 Å². The number of halogens is 3. The van der Waals surface area contributed by atoms with Crippen molar-refractivity contribution in [3.05, 3.63) is 63.5 Å². The average molecular weight is 434 g/mol. The summed E-state index contributed by atoms with van der Waals surface area (Å²) in [6.07, 6.45) is 0.974. The minimum Gasteiger partial charge on any atom is -0.478 e. The molecular weight excluding hydrogens is 416 g/mol. The highest BCUT2D eigenvalue weighted by molar-refractivity contribution is 6.33. The molecule has 0 bridgehead atoms. The lowest BCUT2D eigenvalue weighted by atomic mass is 10.0. The predicted molar refractivity (Wildman–Crippen MR) is 109 cm³/mol. The van der Waals surface area contributed by atoms with E-state index >= 15 is 0 Å². The van der Waals surface area contributed by atoms with Gasteiger partial charge in [-0.1, -0.05) is 11.6 Å². The summed E-state index contributed by atoms with van der Waals surface area (Å²) in [6, 6.07) is 7.26. The van der Waals surface area contributed by atoms with Gasteiger partial charge >= 0.3 is 5.63 Å². The van der Waals surface area contributed by atoms with Crippen molar-refractivity contribution in [3.63, 3.8) is 0 Å². The molecule has 0 saturated carbocycles. The van der Waals surface area contributed by atoms with E-state index in [1.807, 2.05) is 0 Å². The first-order valence-electron chi connectivity index (χ1n) is 9.52. The van der Waals surface area contributed by atoms with E-state index in [2.05, 4.69) is 0 Å². The molecule has 0 N–H and O–H groups in total. The lowest BCUT2D eigenvalue weighted by Gasteiger charge is -2.21. The molecule has 0 spiro atoms. The molecule has 1 amide bonds. The predicted octanol–water partition coefficient (Wildman–Crippen LogP) is 4.78. The van der Waals surface area contributed by atoms with Crippen molar-refractivity contribution in [2.75, 3.05) is 13.1 Å². The van der Waals surface area contributed by atoms with E-state index in [1.165, 1.54) is 24.3 Å². The molecule has 4 rings (SSSR count). The summed E-state index contributed by atoms with van der Waals surface area (Å²) >= 11 is 6.12. The first-order valence-corrected chi connectivity index (χ1v) is 9.89. The number of carbonyl (C=O) groups excluding carboxylic acids is 1. The van der Waals surface area contributed by atoms with Gasteiger partial charge in [0.05, 0.1) is 5.02 Å². The molecule has 1 aliphatic rings. The minimum absolute atomic E-state index is 0.0649. The van der Waals surface area contributed by atoms with Crippen LogP contribution in [0.25, 0.3) is 22.1 Å². The van der Waals surface area contributed by atoms with Gasteiger partial charge in [-0.05, 0) is 44.0 Å². The van der Waals surface area contributed by atoms with Crippen molar-refractivity contribution in [1.82, 2.24) is 4.90 Å². The van der Waals surface area contributed by atoms with Gasteiger partial charge < -0.3 is 14.1 Å². The molecule has 1 atom stereocenters. The van der Waals surface area contributed by atoms with E-state index in [9.17, 15) is 18.4 Å². The lowest BCUT2D eigenvalue weighted by molar-refractivity contribution is -0.136. The molecule has 1 aromatic heterocycles. The first-order chi connectivity index (χ1) is 14.3. The standard InChI is InChI=1S/C22H18ClF2NO4/c1-12(22(28)26-6-2-3-7-26)29-20-11-19-16(9-18(20)25)15(10-21(27)30-19)14-5-4-13(24)8-17(14)23/h4-5,8-12H,2-3,6-7H2,1H3/t12-/m1/s1. The number of carbonyl (C=O) groups is 1. The number of hydrogen-bond acceptors (Lipinski definition) is 4. The fourth-order valence-electron chi connectivity index (χ4n) is 3.62. The number of likely N-dealkylation sites (tertiary alicyclic amines) is 1. The summed E-state index contributed by atoms with van der Waals surface area (Å²) in [7, 11) is 0. The van der Waals surface area contributed by atoms with Crippen LogP contribution in [-0.4, -0.2) is 30.0 Å². The van der Waals surface area contributed by atoms with Gasteiger partial charge in [0.25, 0.3) is 5.91 Å². The number of rotatable bonds is 4. The summed E-state index contributed by atoms with van der Waals surface area (Å²) in [4.78, 5) is 26.2. The smallest absolute Gasteiger partial charge is 0.336 e. The number of hydrogen-bond donors (Lipinski definition) is 0. The fourth-order valence-corrected chi connectivity index (χ4v) is 3.89. The maximum Gasteiger partial charge on any atom is 0.336 e. The van der Waals surface area contributed by atoms with Gasteiger partial charge in [0.2, 0.25) is 0 Å². The zero-order valence-electron chi connectivity index (χ0n) is 16.1. The molecule has 5 nitrogen and oxygen atoms in total. The number of benzene rings is 2. The summed E-state index contributed by atoms with van der Waals surface area (Å²) in [5.74, 6) is -1.68. The minimum atomic E-state index is -0.892. The SMILES string of the molecule is C[C@@H](Oc1cc2oc(=O)cc(-c3ccc(F)cc3Cl)c2cc1F)C(=O)N1CCCC1. The maximum absolute atomic E-state index is 14.8. The monoisotopic (exact) mass is 433 g/mol. The number of amides is 1. The Morgan fingerprint density at radius 3 is 2.57 bits per heavy atom. The molecule has 2 aromatic carbocycles. The third-order valence-corrected chi connectivity index (χ3v) is 5.40. The van der Waals surface area contributed by atoms with Gasteiger partial charge in [0, 0.05) is 41.7 Å². The van der Waals surface area contributed by atoms with E-state index in [-0.39, 0.29) is 27.6 Å². The summed E-state index contributed by atoms with van der Waals surface area (Å²) in [5, 5.41) is 0.346. The van der Waals surface area contributed by atoms with Gasteiger partial charge in [0.15, 0.2) is 17.7 Å². The van der Waals surface area contributed by atoms with Crippen LogP contribution in [0, 0.1) is 11.6 Å². The van der Waals surface area contributed by atoms with Crippen LogP contribution in [0.2, 0.25) is 5.02 Å². The Balaban J connectivity index is 1.73. The number of fused-ring (bicyclic) bond motifs is 1. The highest BCUT2D eigenvalue weighted by Gasteiger charge is 2.26. The summed E-state index contributed by atoms with van der Waals surface area (Å²) < 4.78 is 39.0. The quantitative estimate of drug-likeness (QED) is 0.555. The van der Waals surface area contributed by atoms with Crippen LogP contribution in [-0.2, 0) is 4.79 Å². The van der Waals surface area contributed by atoms with E-state index in [0.717, 1.165) is 25.0 Å². The topological polar surface area (TPSA) is 59.8 Å². The van der Waals surface area contributed by atoms with Crippen molar-refractivity contribution in [1.29, 1.82) is 0 Å². The first kappa shape index (κ1) is 20.3. The Bertz CT molecular complexity index is 1190. The highest BCUT2D eigenvalue weighted by Crippen LogP contribution is 2.35. The average Bonchev–Trinajstić information content (AvgIpc) is 3.23. The summed E-state index contributed by atoms with van der Waals surface area (Å²) in [6.45, 7) is 2.86. The van der Waals surface area contributed by atoms with E-state index < -0.39 is 23.4 Å². The third kappa shape index (κ3) is 3.89. The lowest BCUT2D eigenvalue weighted by Crippen LogP contribution is -2.38. The Morgan fingerprint density at radius 2 is 1.87 bits per heavy atom. The largest absolute Gasteiger partial charge is 0.478 e. The van der Waals surface area contributed by atoms with Crippen molar-refractivity contribution in [2.24, 2.45) is 0 Å². The van der Waals surface area contributed by atoms with Crippen LogP contribution in [0.1, 0.15) is 19.8 Å². The molecule has 30 heavy (non-hydrogen) atoms. The third-order valence-electron chi connectivity index (χ3n) is 5.09. The Morgan fingerprint density at radius 1 is 1.13 bits per heavy atom. The maximum atomic E-state index is 14.8. The molecule has 0 unspecified atom stereocenters. The second-order valence-corrected chi connectivity index (χ2v) is 7.58. The second-order valence-electron chi connectivity index (χ2n) is 7.17. The molecule has 3 aromatic rings. The molecule has 2 heterocycles. The van der Waals surface area contributed by atoms with Gasteiger partial charge in [0.1, 0.15) is 11.4 Å². The number of ether oxygens (including phenoxy) is 1. The van der Waals surface area contributed by atoms with Gasteiger partial charge in [-0.25, -0.2) is 13.6 Å². The van der Waals surface area contributed by atoms with Crippen molar-refractivity contribution in [2.45, 2.75) is 25.9 Å².